The van der Waals surface area contributed by atoms with Crippen molar-refractivity contribution in [2.45, 2.75) is 13.5 Å². The quantitative estimate of drug-likeness (QED) is 0.657. The standard InChI is InChI=1S/C8H10FNO/c1-6-2-3-8(9)7(4-6)5-11-10/h2-4H,5,10H2,1H3. The number of benzene rings is 1. The highest BCUT2D eigenvalue weighted by Crippen LogP contribution is 2.09. The van der Waals surface area contributed by atoms with Gasteiger partial charge in [-0.25, -0.2) is 10.3 Å². The third kappa shape index (κ3) is 2.00. The fourth-order valence-electron chi connectivity index (χ4n) is 0.904. The van der Waals surface area contributed by atoms with Crippen LogP contribution < -0.4 is 5.90 Å². The van der Waals surface area contributed by atoms with Crippen LogP contribution in [0.1, 0.15) is 11.1 Å². The largest absolute Gasteiger partial charge is 0.300 e. The van der Waals surface area contributed by atoms with Gasteiger partial charge in [-0.3, -0.25) is 4.84 Å². The molecule has 0 spiro atoms. The Morgan fingerprint density at radius 1 is 1.55 bits per heavy atom. The molecule has 0 unspecified atom stereocenters. The van der Waals surface area contributed by atoms with Crippen molar-refractivity contribution in [1.82, 2.24) is 0 Å². The molecule has 0 aliphatic carbocycles. The summed E-state index contributed by atoms with van der Waals surface area (Å²) in [4.78, 5) is 4.32. The lowest BCUT2D eigenvalue weighted by molar-refractivity contribution is 0.121. The Balaban J connectivity index is 2.93. The van der Waals surface area contributed by atoms with Gasteiger partial charge in [0.2, 0.25) is 0 Å². The second-order valence-corrected chi connectivity index (χ2v) is 2.41. The second-order valence-electron chi connectivity index (χ2n) is 2.41. The number of hydrogen-bond acceptors (Lipinski definition) is 2. The Morgan fingerprint density at radius 3 is 2.91 bits per heavy atom. The first-order valence-electron chi connectivity index (χ1n) is 3.30. The van der Waals surface area contributed by atoms with Crippen LogP contribution in [0.4, 0.5) is 4.39 Å². The van der Waals surface area contributed by atoms with Gasteiger partial charge in [0.15, 0.2) is 0 Å². The Kier molecular flexibility index (Phi) is 2.57. The van der Waals surface area contributed by atoms with Crippen LogP contribution in [0.3, 0.4) is 0 Å². The van der Waals surface area contributed by atoms with Gasteiger partial charge in [0.25, 0.3) is 0 Å². The zero-order valence-electron chi connectivity index (χ0n) is 6.30. The topological polar surface area (TPSA) is 35.2 Å². The van der Waals surface area contributed by atoms with E-state index in [1.807, 2.05) is 6.92 Å². The minimum absolute atomic E-state index is 0.119. The summed E-state index contributed by atoms with van der Waals surface area (Å²) < 4.78 is 12.8. The Labute approximate surface area is 64.7 Å². The van der Waals surface area contributed by atoms with Gasteiger partial charge in [0.05, 0.1) is 6.61 Å². The van der Waals surface area contributed by atoms with Crippen LogP contribution in [0.2, 0.25) is 0 Å². The van der Waals surface area contributed by atoms with Gasteiger partial charge in [-0.15, -0.1) is 0 Å². The van der Waals surface area contributed by atoms with E-state index < -0.39 is 0 Å². The molecular weight excluding hydrogens is 145 g/mol. The van der Waals surface area contributed by atoms with Crippen LogP contribution in [-0.4, -0.2) is 0 Å². The van der Waals surface area contributed by atoms with Crippen molar-refractivity contribution in [1.29, 1.82) is 0 Å². The van der Waals surface area contributed by atoms with Crippen molar-refractivity contribution < 1.29 is 9.23 Å². The molecule has 0 bridgehead atoms. The Bertz CT molecular complexity index is 250. The molecule has 2 nitrogen and oxygen atoms in total. The Hall–Kier alpha value is -0.930. The molecule has 0 heterocycles. The van der Waals surface area contributed by atoms with E-state index >= 15 is 0 Å². The van der Waals surface area contributed by atoms with Crippen molar-refractivity contribution in [2.75, 3.05) is 0 Å². The van der Waals surface area contributed by atoms with E-state index in [1.54, 1.807) is 12.1 Å². The van der Waals surface area contributed by atoms with Crippen molar-refractivity contribution >= 4 is 0 Å². The number of nitrogens with two attached hydrogens (primary N) is 1. The predicted molar refractivity (Wildman–Crippen MR) is 40.1 cm³/mol. The molecule has 0 aliphatic heterocycles. The van der Waals surface area contributed by atoms with Gasteiger partial charge < -0.3 is 0 Å². The molecule has 0 aliphatic rings. The molecule has 0 saturated carbocycles. The van der Waals surface area contributed by atoms with E-state index in [0.717, 1.165) is 5.56 Å². The Morgan fingerprint density at radius 2 is 2.27 bits per heavy atom. The number of rotatable bonds is 2. The minimum atomic E-state index is -0.277. The zero-order valence-corrected chi connectivity index (χ0v) is 6.30. The molecule has 0 amide bonds. The summed E-state index contributed by atoms with van der Waals surface area (Å²) in [5.74, 6) is 4.54. The molecule has 0 aromatic heterocycles. The van der Waals surface area contributed by atoms with Crippen LogP contribution in [0.15, 0.2) is 18.2 Å². The summed E-state index contributed by atoms with van der Waals surface area (Å²) in [7, 11) is 0. The van der Waals surface area contributed by atoms with Crippen LogP contribution in [0.5, 0.6) is 0 Å². The summed E-state index contributed by atoms with van der Waals surface area (Å²) in [5, 5.41) is 0. The summed E-state index contributed by atoms with van der Waals surface area (Å²) in [6.45, 7) is 2.01. The van der Waals surface area contributed by atoms with Crippen LogP contribution in [0, 0.1) is 12.7 Å². The normalized spacial score (nSPS) is 10.1. The van der Waals surface area contributed by atoms with Crippen LogP contribution in [-0.2, 0) is 11.4 Å². The molecule has 0 atom stereocenters. The van der Waals surface area contributed by atoms with Gasteiger partial charge in [-0.05, 0) is 13.0 Å². The third-order valence-corrected chi connectivity index (χ3v) is 1.44. The smallest absolute Gasteiger partial charge is 0.128 e. The lowest BCUT2D eigenvalue weighted by Gasteiger charge is -2.01. The number of aryl methyl sites for hydroxylation is 1. The van der Waals surface area contributed by atoms with Gasteiger partial charge in [-0.1, -0.05) is 17.7 Å². The van der Waals surface area contributed by atoms with Crippen molar-refractivity contribution in [3.05, 3.63) is 35.1 Å². The predicted octanol–water partition coefficient (Wildman–Crippen LogP) is 1.52. The highest BCUT2D eigenvalue weighted by molar-refractivity contribution is 5.23. The molecule has 60 valence electrons. The van der Waals surface area contributed by atoms with Gasteiger partial charge in [-0.2, -0.15) is 0 Å². The second kappa shape index (κ2) is 3.46. The van der Waals surface area contributed by atoms with Crippen LogP contribution >= 0.6 is 0 Å². The molecule has 2 N–H and O–H groups in total. The highest BCUT2D eigenvalue weighted by Gasteiger charge is 2.00. The summed E-state index contributed by atoms with van der Waals surface area (Å²) >= 11 is 0. The summed E-state index contributed by atoms with van der Waals surface area (Å²) in [6.07, 6.45) is 0. The molecule has 1 aromatic carbocycles. The molecule has 1 rings (SSSR count). The van der Waals surface area contributed by atoms with Crippen LogP contribution in [0.25, 0.3) is 0 Å². The van der Waals surface area contributed by atoms with E-state index in [1.165, 1.54) is 6.07 Å². The minimum Gasteiger partial charge on any atom is -0.300 e. The maximum absolute atomic E-state index is 12.8. The first-order valence-corrected chi connectivity index (χ1v) is 3.30. The monoisotopic (exact) mass is 155 g/mol. The van der Waals surface area contributed by atoms with Gasteiger partial charge in [0.1, 0.15) is 5.82 Å². The average Bonchev–Trinajstić information content (AvgIpc) is 1.98. The van der Waals surface area contributed by atoms with E-state index in [4.69, 9.17) is 5.90 Å². The van der Waals surface area contributed by atoms with Crippen molar-refractivity contribution in [3.8, 4) is 0 Å². The molecule has 11 heavy (non-hydrogen) atoms. The van der Waals surface area contributed by atoms with E-state index in [-0.39, 0.29) is 12.4 Å². The number of hydrogen-bond donors (Lipinski definition) is 1. The average molecular weight is 155 g/mol. The molecular formula is C8H10FNO. The molecule has 0 radical (unpaired) electrons. The third-order valence-electron chi connectivity index (χ3n) is 1.44. The molecule has 0 saturated heterocycles. The summed E-state index contributed by atoms with van der Waals surface area (Å²) in [5.41, 5.74) is 1.49. The fraction of sp³-hybridized carbons (Fsp3) is 0.250. The fourth-order valence-corrected chi connectivity index (χ4v) is 0.904. The lowest BCUT2D eigenvalue weighted by Crippen LogP contribution is -2.01. The highest BCUT2D eigenvalue weighted by atomic mass is 19.1. The first-order chi connectivity index (χ1) is 5.24. The summed E-state index contributed by atoms with van der Waals surface area (Å²) in [6, 6.07) is 4.82. The SMILES string of the molecule is Cc1ccc(F)c(CON)c1. The van der Waals surface area contributed by atoms with Crippen molar-refractivity contribution in [2.24, 2.45) is 5.90 Å². The van der Waals surface area contributed by atoms with E-state index in [0.29, 0.717) is 5.56 Å². The zero-order chi connectivity index (χ0) is 8.27. The first kappa shape index (κ1) is 8.17. The maximum Gasteiger partial charge on any atom is 0.128 e. The van der Waals surface area contributed by atoms with Crippen molar-refractivity contribution in [3.63, 3.8) is 0 Å². The lowest BCUT2D eigenvalue weighted by atomic mass is 10.1. The number of halogens is 1. The molecule has 1 aromatic rings. The van der Waals surface area contributed by atoms with E-state index in [2.05, 4.69) is 4.84 Å². The maximum atomic E-state index is 12.8. The molecule has 3 heteroatoms. The van der Waals surface area contributed by atoms with E-state index in [9.17, 15) is 4.39 Å². The van der Waals surface area contributed by atoms with Gasteiger partial charge >= 0.3 is 0 Å². The molecule has 0 fully saturated rings. The van der Waals surface area contributed by atoms with Gasteiger partial charge in [0, 0.05) is 5.56 Å².